The zero-order chi connectivity index (χ0) is 17.5. The van der Waals surface area contributed by atoms with Crippen LogP contribution in [0.15, 0.2) is 28.6 Å². The van der Waals surface area contributed by atoms with Crippen molar-refractivity contribution < 1.29 is 9.53 Å². The first-order chi connectivity index (χ1) is 12.2. The number of rotatable bonds is 8. The van der Waals surface area contributed by atoms with Crippen LogP contribution in [0.2, 0.25) is 0 Å². The van der Waals surface area contributed by atoms with E-state index in [9.17, 15) is 4.79 Å². The predicted octanol–water partition coefficient (Wildman–Crippen LogP) is 3.23. The van der Waals surface area contributed by atoms with Gasteiger partial charge in [-0.2, -0.15) is 0 Å². The Hall–Kier alpha value is -1.64. The normalized spacial score (nSPS) is 16.8. The van der Waals surface area contributed by atoms with Crippen LogP contribution in [0, 0.1) is 0 Å². The van der Waals surface area contributed by atoms with E-state index in [0.29, 0.717) is 12.3 Å². The largest absolute Gasteiger partial charge is 0.376 e. The van der Waals surface area contributed by atoms with Crippen molar-refractivity contribution in [3.8, 4) is 0 Å². The Morgan fingerprint density at radius 1 is 1.36 bits per heavy atom. The van der Waals surface area contributed by atoms with Gasteiger partial charge in [-0.3, -0.25) is 4.79 Å². The summed E-state index contributed by atoms with van der Waals surface area (Å²) in [4.78, 5) is 11.9. The number of carbonyl (C=O) groups excluding carboxylic acids is 1. The molecule has 6 nitrogen and oxygen atoms in total. The minimum Gasteiger partial charge on any atom is -0.376 e. The molecule has 1 amide bonds. The zero-order valence-corrected chi connectivity index (χ0v) is 15.8. The van der Waals surface area contributed by atoms with Crippen molar-refractivity contribution in [2.75, 3.05) is 24.2 Å². The molecule has 0 radical (unpaired) electrons. The molecule has 2 N–H and O–H groups in total. The van der Waals surface area contributed by atoms with Gasteiger partial charge in [-0.15, -0.1) is 10.2 Å². The lowest BCUT2D eigenvalue weighted by molar-refractivity contribution is -0.119. The molecule has 1 aromatic carbocycles. The van der Waals surface area contributed by atoms with E-state index < -0.39 is 0 Å². The van der Waals surface area contributed by atoms with Crippen molar-refractivity contribution >= 4 is 39.8 Å². The van der Waals surface area contributed by atoms with Crippen molar-refractivity contribution in [2.24, 2.45) is 0 Å². The molecule has 134 valence electrons. The molecule has 1 aromatic heterocycles. The molecule has 1 aliphatic heterocycles. The first-order valence-electron chi connectivity index (χ1n) is 8.43. The third-order valence-electron chi connectivity index (χ3n) is 3.90. The number of hydrogen-bond donors (Lipinski definition) is 2. The fourth-order valence-corrected chi connectivity index (χ4v) is 4.08. The van der Waals surface area contributed by atoms with Gasteiger partial charge in [0, 0.05) is 18.8 Å². The standard InChI is InChI=1S/C17H22N4O2S2/c1-2-12-5-7-13(8-6-12)19-16-20-21-17(25-16)24-11-15(22)18-10-14-4-3-9-23-14/h5-8,14H,2-4,9-11H2,1H3,(H,18,22)(H,19,20). The van der Waals surface area contributed by atoms with Crippen LogP contribution in [-0.4, -0.2) is 41.1 Å². The van der Waals surface area contributed by atoms with E-state index in [4.69, 9.17) is 4.74 Å². The van der Waals surface area contributed by atoms with Crippen molar-refractivity contribution in [3.05, 3.63) is 29.8 Å². The van der Waals surface area contributed by atoms with Gasteiger partial charge < -0.3 is 15.4 Å². The summed E-state index contributed by atoms with van der Waals surface area (Å²) in [5, 5.41) is 15.1. The molecule has 3 rings (SSSR count). The Balaban J connectivity index is 1.42. The topological polar surface area (TPSA) is 76.1 Å². The van der Waals surface area contributed by atoms with Gasteiger partial charge in [0.1, 0.15) is 0 Å². The van der Waals surface area contributed by atoms with E-state index >= 15 is 0 Å². The van der Waals surface area contributed by atoms with E-state index in [-0.39, 0.29) is 12.0 Å². The van der Waals surface area contributed by atoms with Crippen LogP contribution in [-0.2, 0) is 16.0 Å². The molecule has 2 aromatic rings. The van der Waals surface area contributed by atoms with Gasteiger partial charge in [-0.05, 0) is 37.0 Å². The van der Waals surface area contributed by atoms with Gasteiger partial charge in [-0.1, -0.05) is 42.2 Å². The van der Waals surface area contributed by atoms with Crippen LogP contribution >= 0.6 is 23.1 Å². The van der Waals surface area contributed by atoms with E-state index in [1.165, 1.54) is 28.7 Å². The van der Waals surface area contributed by atoms with Crippen LogP contribution in [0.1, 0.15) is 25.3 Å². The number of aryl methyl sites for hydroxylation is 1. The Bertz CT molecular complexity index is 684. The summed E-state index contributed by atoms with van der Waals surface area (Å²) in [7, 11) is 0. The third kappa shape index (κ3) is 5.69. The van der Waals surface area contributed by atoms with Crippen LogP contribution < -0.4 is 10.6 Å². The van der Waals surface area contributed by atoms with Crippen molar-refractivity contribution in [1.29, 1.82) is 0 Å². The number of anilines is 2. The summed E-state index contributed by atoms with van der Waals surface area (Å²) in [6.45, 7) is 3.53. The number of hydrogen-bond acceptors (Lipinski definition) is 7. The average molecular weight is 379 g/mol. The Morgan fingerprint density at radius 3 is 2.92 bits per heavy atom. The van der Waals surface area contributed by atoms with E-state index in [0.717, 1.165) is 41.0 Å². The second-order valence-corrected chi connectivity index (χ2v) is 7.98. The number of nitrogens with one attached hydrogen (secondary N) is 2. The number of benzene rings is 1. The molecule has 1 aliphatic rings. The molecule has 8 heteroatoms. The average Bonchev–Trinajstić information content (AvgIpc) is 3.31. The maximum atomic E-state index is 11.9. The van der Waals surface area contributed by atoms with Gasteiger partial charge in [0.2, 0.25) is 11.0 Å². The van der Waals surface area contributed by atoms with E-state index in [1.54, 1.807) is 0 Å². The van der Waals surface area contributed by atoms with Gasteiger partial charge in [0.15, 0.2) is 4.34 Å². The molecule has 0 saturated carbocycles. The highest BCUT2D eigenvalue weighted by atomic mass is 32.2. The van der Waals surface area contributed by atoms with Crippen molar-refractivity contribution in [1.82, 2.24) is 15.5 Å². The number of nitrogens with zero attached hydrogens (tertiary/aromatic N) is 2. The number of thioether (sulfide) groups is 1. The van der Waals surface area contributed by atoms with E-state index in [2.05, 4.69) is 39.9 Å². The lowest BCUT2D eigenvalue weighted by atomic mass is 10.1. The molecule has 2 heterocycles. The van der Waals surface area contributed by atoms with Gasteiger partial charge in [0.25, 0.3) is 0 Å². The molecular formula is C17H22N4O2S2. The SMILES string of the molecule is CCc1ccc(Nc2nnc(SCC(=O)NCC3CCCO3)s2)cc1. The second-order valence-electron chi connectivity index (χ2n) is 5.78. The number of aromatic nitrogens is 2. The predicted molar refractivity (Wildman–Crippen MR) is 102 cm³/mol. The van der Waals surface area contributed by atoms with Crippen LogP contribution in [0.25, 0.3) is 0 Å². The lowest BCUT2D eigenvalue weighted by Crippen LogP contribution is -2.32. The number of amides is 1. The quantitative estimate of drug-likeness (QED) is 0.687. The Labute approximate surface area is 155 Å². The highest BCUT2D eigenvalue weighted by molar-refractivity contribution is 8.01. The molecule has 1 atom stereocenters. The maximum absolute atomic E-state index is 11.9. The van der Waals surface area contributed by atoms with Crippen molar-refractivity contribution in [2.45, 2.75) is 36.6 Å². The van der Waals surface area contributed by atoms with Crippen LogP contribution in [0.5, 0.6) is 0 Å². The molecule has 1 saturated heterocycles. The maximum Gasteiger partial charge on any atom is 0.230 e. The summed E-state index contributed by atoms with van der Waals surface area (Å²) >= 11 is 2.85. The van der Waals surface area contributed by atoms with Gasteiger partial charge in [-0.25, -0.2) is 0 Å². The van der Waals surface area contributed by atoms with Crippen LogP contribution in [0.4, 0.5) is 10.8 Å². The molecule has 25 heavy (non-hydrogen) atoms. The third-order valence-corrected chi connectivity index (χ3v) is 5.87. The highest BCUT2D eigenvalue weighted by Crippen LogP contribution is 2.27. The first-order valence-corrected chi connectivity index (χ1v) is 10.2. The van der Waals surface area contributed by atoms with Gasteiger partial charge in [0.05, 0.1) is 11.9 Å². The molecule has 0 bridgehead atoms. The van der Waals surface area contributed by atoms with E-state index in [1.807, 2.05) is 12.1 Å². The van der Waals surface area contributed by atoms with Crippen molar-refractivity contribution in [3.63, 3.8) is 0 Å². The van der Waals surface area contributed by atoms with Gasteiger partial charge >= 0.3 is 0 Å². The summed E-state index contributed by atoms with van der Waals surface area (Å²) in [5.41, 5.74) is 2.28. The fourth-order valence-electron chi connectivity index (χ4n) is 2.48. The summed E-state index contributed by atoms with van der Waals surface area (Å²) < 4.78 is 6.27. The smallest absolute Gasteiger partial charge is 0.230 e. The van der Waals surface area contributed by atoms with Crippen LogP contribution in [0.3, 0.4) is 0 Å². The molecular weight excluding hydrogens is 356 g/mol. The molecule has 1 unspecified atom stereocenters. The molecule has 0 spiro atoms. The zero-order valence-electron chi connectivity index (χ0n) is 14.2. The minimum absolute atomic E-state index is 0.000337. The summed E-state index contributed by atoms with van der Waals surface area (Å²) in [6, 6.07) is 8.26. The fraction of sp³-hybridized carbons (Fsp3) is 0.471. The first kappa shape index (κ1) is 18.2. The molecule has 0 aliphatic carbocycles. The Kier molecular flexibility index (Phi) is 6.66. The molecule has 1 fully saturated rings. The number of carbonyl (C=O) groups is 1. The number of ether oxygens (including phenoxy) is 1. The second kappa shape index (κ2) is 9.17. The Morgan fingerprint density at radius 2 is 2.20 bits per heavy atom. The highest BCUT2D eigenvalue weighted by Gasteiger charge is 2.16. The minimum atomic E-state index is 0.000337. The monoisotopic (exact) mass is 378 g/mol. The summed E-state index contributed by atoms with van der Waals surface area (Å²) in [6.07, 6.45) is 3.30. The lowest BCUT2D eigenvalue weighted by Gasteiger charge is -2.09. The summed E-state index contributed by atoms with van der Waals surface area (Å²) in [5.74, 6) is 0.340.